The number of piperazine rings is 1. The molecule has 1 saturated heterocycles. The van der Waals surface area contributed by atoms with Crippen LogP contribution >= 0.6 is 15.9 Å². The quantitative estimate of drug-likeness (QED) is 0.850. The molecular weight excluding hydrogens is 331 g/mol. The summed E-state index contributed by atoms with van der Waals surface area (Å²) in [6.45, 7) is 9.67. The van der Waals surface area contributed by atoms with Gasteiger partial charge in [0.05, 0.1) is 0 Å². The van der Waals surface area contributed by atoms with Crippen LogP contribution in [0.15, 0.2) is 22.7 Å². The largest absolute Gasteiger partial charge is 0.311 e. The second-order valence-corrected chi connectivity index (χ2v) is 7.09. The normalized spacial score (nSPS) is 25.0. The van der Waals surface area contributed by atoms with Gasteiger partial charge in [0, 0.05) is 36.2 Å². The Morgan fingerprint density at radius 2 is 2.14 bits per heavy atom. The number of nitrogens with one attached hydrogen (secondary N) is 1. The molecule has 2 nitrogen and oxygen atoms in total. The predicted octanol–water partition coefficient (Wildman–Crippen LogP) is 4.19. The van der Waals surface area contributed by atoms with Crippen molar-refractivity contribution in [3.8, 4) is 0 Å². The van der Waals surface area contributed by atoms with Gasteiger partial charge in [0.15, 0.2) is 0 Å². The highest BCUT2D eigenvalue weighted by Gasteiger charge is 2.29. The van der Waals surface area contributed by atoms with E-state index in [0.29, 0.717) is 18.0 Å². The lowest BCUT2D eigenvalue weighted by atomic mass is 9.94. The Morgan fingerprint density at radius 3 is 2.76 bits per heavy atom. The highest BCUT2D eigenvalue weighted by atomic mass is 79.9. The molecule has 0 bridgehead atoms. The Kier molecular flexibility index (Phi) is 6.20. The number of hydrogen-bond acceptors (Lipinski definition) is 2. The summed E-state index contributed by atoms with van der Waals surface area (Å²) in [7, 11) is 0. The minimum Gasteiger partial charge on any atom is -0.311 e. The molecule has 1 heterocycles. The molecule has 0 aromatic heterocycles. The number of nitrogens with zero attached hydrogens (tertiary/aromatic N) is 1. The first-order valence-electron chi connectivity index (χ1n) is 7.95. The molecular formula is C17H26BrFN2. The van der Waals surface area contributed by atoms with E-state index < -0.39 is 0 Å². The van der Waals surface area contributed by atoms with Gasteiger partial charge in [0.2, 0.25) is 0 Å². The van der Waals surface area contributed by atoms with Crippen molar-refractivity contribution in [1.29, 1.82) is 0 Å². The standard InChI is InChI=1S/C17H26BrFN2/c1-4-12(3)17-11-21(16(5-2)9-20-17)10-13-6-14(18)8-15(19)7-13/h6-8,12,16-17,20H,4-5,9-11H2,1-3H3. The highest BCUT2D eigenvalue weighted by molar-refractivity contribution is 9.10. The lowest BCUT2D eigenvalue weighted by molar-refractivity contribution is 0.0992. The van der Waals surface area contributed by atoms with E-state index in [0.717, 1.165) is 36.1 Å². The van der Waals surface area contributed by atoms with Crippen LogP contribution in [0.5, 0.6) is 0 Å². The Labute approximate surface area is 136 Å². The molecule has 3 unspecified atom stereocenters. The third-order valence-corrected chi connectivity index (χ3v) is 5.13. The molecule has 0 radical (unpaired) electrons. The summed E-state index contributed by atoms with van der Waals surface area (Å²) in [5.74, 6) is 0.505. The number of hydrogen-bond donors (Lipinski definition) is 1. The van der Waals surface area contributed by atoms with Crippen molar-refractivity contribution in [3.05, 3.63) is 34.1 Å². The SMILES string of the molecule is CCC(C)C1CN(Cc2cc(F)cc(Br)c2)C(CC)CN1. The van der Waals surface area contributed by atoms with E-state index in [-0.39, 0.29) is 5.82 Å². The van der Waals surface area contributed by atoms with Crippen molar-refractivity contribution in [2.45, 2.75) is 52.2 Å². The summed E-state index contributed by atoms with van der Waals surface area (Å²) in [6, 6.07) is 6.26. The molecule has 2 rings (SSSR count). The first kappa shape index (κ1) is 16.9. The van der Waals surface area contributed by atoms with Crippen molar-refractivity contribution < 1.29 is 4.39 Å². The first-order valence-corrected chi connectivity index (χ1v) is 8.75. The van der Waals surface area contributed by atoms with Crippen molar-refractivity contribution in [2.24, 2.45) is 5.92 Å². The topological polar surface area (TPSA) is 15.3 Å². The molecule has 1 N–H and O–H groups in total. The summed E-state index contributed by atoms with van der Waals surface area (Å²) in [4.78, 5) is 2.51. The van der Waals surface area contributed by atoms with Gasteiger partial charge in [-0.15, -0.1) is 0 Å². The minimum absolute atomic E-state index is 0.166. The molecule has 0 saturated carbocycles. The molecule has 118 valence electrons. The van der Waals surface area contributed by atoms with E-state index in [9.17, 15) is 4.39 Å². The summed E-state index contributed by atoms with van der Waals surface area (Å²) in [5, 5.41) is 3.68. The molecule has 4 heteroatoms. The molecule has 0 amide bonds. The summed E-state index contributed by atoms with van der Waals surface area (Å²) in [6.07, 6.45) is 2.31. The molecule has 21 heavy (non-hydrogen) atoms. The van der Waals surface area contributed by atoms with E-state index in [2.05, 4.69) is 46.9 Å². The minimum atomic E-state index is -0.166. The van der Waals surface area contributed by atoms with E-state index >= 15 is 0 Å². The number of halogens is 2. The van der Waals surface area contributed by atoms with E-state index in [1.807, 2.05) is 6.07 Å². The molecule has 0 spiro atoms. The van der Waals surface area contributed by atoms with Gasteiger partial charge >= 0.3 is 0 Å². The van der Waals surface area contributed by atoms with Gasteiger partial charge in [-0.05, 0) is 36.1 Å². The molecule has 1 aliphatic heterocycles. The average Bonchev–Trinajstić information content (AvgIpc) is 2.45. The van der Waals surface area contributed by atoms with Crippen LogP contribution in [0.4, 0.5) is 4.39 Å². The molecule has 1 aromatic rings. The average molecular weight is 357 g/mol. The fourth-order valence-electron chi connectivity index (χ4n) is 3.08. The lowest BCUT2D eigenvalue weighted by Gasteiger charge is -2.42. The van der Waals surface area contributed by atoms with Crippen LogP contribution in [0.3, 0.4) is 0 Å². The summed E-state index contributed by atoms with van der Waals surface area (Å²) in [5.41, 5.74) is 1.05. The van der Waals surface area contributed by atoms with E-state index in [1.165, 1.54) is 12.5 Å². The highest BCUT2D eigenvalue weighted by Crippen LogP contribution is 2.22. The lowest BCUT2D eigenvalue weighted by Crippen LogP contribution is -2.57. The monoisotopic (exact) mass is 356 g/mol. The zero-order valence-electron chi connectivity index (χ0n) is 13.2. The third kappa shape index (κ3) is 4.51. The molecule has 1 aromatic carbocycles. The first-order chi connectivity index (χ1) is 10.0. The Balaban J connectivity index is 2.10. The summed E-state index contributed by atoms with van der Waals surface area (Å²) >= 11 is 3.39. The summed E-state index contributed by atoms with van der Waals surface area (Å²) < 4.78 is 14.4. The van der Waals surface area contributed by atoms with Crippen molar-refractivity contribution >= 4 is 15.9 Å². The third-order valence-electron chi connectivity index (χ3n) is 4.67. The van der Waals surface area contributed by atoms with Crippen LogP contribution in [-0.4, -0.2) is 30.1 Å². The molecule has 1 fully saturated rings. The van der Waals surface area contributed by atoms with Crippen LogP contribution in [0.25, 0.3) is 0 Å². The predicted molar refractivity (Wildman–Crippen MR) is 89.8 cm³/mol. The molecule has 0 aliphatic carbocycles. The Bertz CT molecular complexity index is 446. The van der Waals surface area contributed by atoms with Crippen LogP contribution in [0, 0.1) is 11.7 Å². The van der Waals surface area contributed by atoms with Crippen molar-refractivity contribution in [1.82, 2.24) is 10.2 Å². The second-order valence-electron chi connectivity index (χ2n) is 6.17. The van der Waals surface area contributed by atoms with E-state index in [1.54, 1.807) is 6.07 Å². The fourth-order valence-corrected chi connectivity index (χ4v) is 3.59. The second kappa shape index (κ2) is 7.70. The Morgan fingerprint density at radius 1 is 1.38 bits per heavy atom. The zero-order chi connectivity index (χ0) is 15.4. The number of benzene rings is 1. The van der Waals surface area contributed by atoms with Crippen LogP contribution in [0.1, 0.15) is 39.2 Å². The number of rotatable bonds is 5. The van der Waals surface area contributed by atoms with Gasteiger partial charge in [0.1, 0.15) is 5.82 Å². The Hall–Kier alpha value is -0.450. The smallest absolute Gasteiger partial charge is 0.124 e. The van der Waals surface area contributed by atoms with Gasteiger partial charge in [-0.2, -0.15) is 0 Å². The van der Waals surface area contributed by atoms with Gasteiger partial charge in [-0.1, -0.05) is 43.1 Å². The van der Waals surface area contributed by atoms with Gasteiger partial charge in [-0.25, -0.2) is 4.39 Å². The molecule has 3 atom stereocenters. The molecule has 1 aliphatic rings. The van der Waals surface area contributed by atoms with E-state index in [4.69, 9.17) is 0 Å². The van der Waals surface area contributed by atoms with Gasteiger partial charge < -0.3 is 5.32 Å². The zero-order valence-corrected chi connectivity index (χ0v) is 14.8. The van der Waals surface area contributed by atoms with Crippen LogP contribution in [-0.2, 0) is 6.54 Å². The fraction of sp³-hybridized carbons (Fsp3) is 0.647. The maximum atomic E-state index is 13.6. The van der Waals surface area contributed by atoms with Gasteiger partial charge in [-0.3, -0.25) is 4.90 Å². The van der Waals surface area contributed by atoms with Crippen molar-refractivity contribution in [3.63, 3.8) is 0 Å². The van der Waals surface area contributed by atoms with Gasteiger partial charge in [0.25, 0.3) is 0 Å². The van der Waals surface area contributed by atoms with Crippen molar-refractivity contribution in [2.75, 3.05) is 13.1 Å². The van der Waals surface area contributed by atoms with Crippen LogP contribution in [0.2, 0.25) is 0 Å². The van der Waals surface area contributed by atoms with Crippen LogP contribution < -0.4 is 5.32 Å². The maximum Gasteiger partial charge on any atom is 0.124 e. The maximum absolute atomic E-state index is 13.6.